The van der Waals surface area contributed by atoms with Crippen LogP contribution in [0.2, 0.25) is 0 Å². The molecule has 0 unspecified atom stereocenters. The molecule has 0 saturated heterocycles. The molecule has 0 radical (unpaired) electrons. The van der Waals surface area contributed by atoms with Crippen molar-refractivity contribution in [2.24, 2.45) is 0 Å². The number of halogens is 2. The third-order valence-electron chi connectivity index (χ3n) is 2.67. The Morgan fingerprint density at radius 1 is 0.762 bits per heavy atom. The maximum absolute atomic E-state index is 5.67. The van der Waals surface area contributed by atoms with Crippen LogP contribution in [0.3, 0.4) is 0 Å². The molecule has 2 heterocycles. The van der Waals surface area contributed by atoms with Gasteiger partial charge in [-0.15, -0.1) is 23.5 Å². The van der Waals surface area contributed by atoms with E-state index in [1.54, 1.807) is 23.5 Å². The maximum atomic E-state index is 5.67. The summed E-state index contributed by atoms with van der Waals surface area (Å²) in [5.41, 5.74) is 0. The Kier molecular flexibility index (Phi) is 10.9. The molecule has 0 bridgehead atoms. The average Bonchev–Trinajstić information content (AvgIpc) is 2.49. The molecule has 2 rings (SSSR count). The third-order valence-corrected chi connectivity index (χ3v) is 4.16. The van der Waals surface area contributed by atoms with Gasteiger partial charge in [0.15, 0.2) is 24.8 Å². The van der Waals surface area contributed by atoms with E-state index in [0.29, 0.717) is 13.5 Å². The smallest absolute Gasteiger partial charge is 0.257 e. The van der Waals surface area contributed by atoms with Gasteiger partial charge in [-0.05, 0) is 12.5 Å². The van der Waals surface area contributed by atoms with Crippen LogP contribution in [-0.2, 0) is 18.2 Å². The van der Waals surface area contributed by atoms with Gasteiger partial charge in [0.25, 0.3) is 13.5 Å². The average molecular weight is 365 g/mol. The highest BCUT2D eigenvalue weighted by Crippen LogP contribution is 2.11. The van der Waals surface area contributed by atoms with Crippen molar-refractivity contribution in [3.8, 4) is 0 Å². The van der Waals surface area contributed by atoms with Gasteiger partial charge in [0.05, 0.1) is 0 Å². The number of nitrogens with zero attached hydrogens (tertiary/aromatic N) is 2. The van der Waals surface area contributed by atoms with Crippen LogP contribution in [0.1, 0.15) is 0 Å². The van der Waals surface area contributed by atoms with Crippen LogP contribution in [0.4, 0.5) is 0 Å². The molecule has 7 heteroatoms. The number of pyridine rings is 2. The molecule has 0 spiro atoms. The van der Waals surface area contributed by atoms with E-state index >= 15 is 0 Å². The van der Waals surface area contributed by atoms with E-state index in [9.17, 15) is 0 Å². The van der Waals surface area contributed by atoms with Crippen LogP contribution in [0.5, 0.6) is 0 Å². The Labute approximate surface area is 146 Å². The number of rotatable bonds is 6. The summed E-state index contributed by atoms with van der Waals surface area (Å²) in [6, 6.07) is 8.37. The minimum absolute atomic E-state index is 0. The van der Waals surface area contributed by atoms with Crippen molar-refractivity contribution in [3.63, 3.8) is 0 Å². The van der Waals surface area contributed by atoms with Crippen molar-refractivity contribution in [3.05, 3.63) is 49.1 Å². The summed E-state index contributed by atoms with van der Waals surface area (Å²) < 4.78 is 9.71. The Bertz CT molecular complexity index is 462. The summed E-state index contributed by atoms with van der Waals surface area (Å²) in [5.74, 6) is 0. The van der Waals surface area contributed by atoms with Gasteiger partial charge in [0.1, 0.15) is 0 Å². The van der Waals surface area contributed by atoms with Crippen LogP contribution < -0.4 is 33.9 Å². The Morgan fingerprint density at radius 2 is 1.10 bits per heavy atom. The molecule has 3 nitrogen and oxygen atoms in total. The molecule has 0 N–H and O–H groups in total. The van der Waals surface area contributed by atoms with Crippen molar-refractivity contribution in [1.82, 2.24) is 0 Å². The first-order valence-corrected chi connectivity index (χ1v) is 8.40. The second kappa shape index (κ2) is 11.2. The molecular formula is C14H18Cl2N2OS2. The molecule has 2 aromatic heterocycles. The lowest BCUT2D eigenvalue weighted by atomic mass is 10.5. The van der Waals surface area contributed by atoms with Gasteiger partial charge in [-0.2, -0.15) is 9.13 Å². The first kappa shape index (κ1) is 20.5. The second-order valence-corrected chi connectivity index (χ2v) is 5.73. The summed E-state index contributed by atoms with van der Waals surface area (Å²) in [6.45, 7) is 1.12. The van der Waals surface area contributed by atoms with E-state index in [2.05, 4.69) is 36.8 Å². The quantitative estimate of drug-likeness (QED) is 0.388. The molecule has 0 fully saturated rings. The Balaban J connectivity index is 0.00000200. The minimum Gasteiger partial charge on any atom is -1.00 e. The largest absolute Gasteiger partial charge is 1.00 e. The van der Waals surface area contributed by atoms with Crippen molar-refractivity contribution < 1.29 is 38.7 Å². The van der Waals surface area contributed by atoms with Crippen molar-refractivity contribution >= 4 is 23.5 Å². The van der Waals surface area contributed by atoms with Gasteiger partial charge < -0.3 is 24.8 Å². The number of aromatic nitrogens is 2. The maximum Gasteiger partial charge on any atom is 0.257 e. The first-order valence-electron chi connectivity index (χ1n) is 5.96. The minimum atomic E-state index is 0. The number of hydrogen-bond donors (Lipinski definition) is 0. The summed E-state index contributed by atoms with van der Waals surface area (Å²) in [4.78, 5) is 2.52. The van der Waals surface area contributed by atoms with Gasteiger partial charge in [-0.1, -0.05) is 0 Å². The monoisotopic (exact) mass is 364 g/mol. The predicted octanol–water partition coefficient (Wildman–Crippen LogP) is -3.65. The number of thioether (sulfide) groups is 2. The normalized spacial score (nSPS) is 9.62. The van der Waals surface area contributed by atoms with Crippen LogP contribution in [-0.4, -0.2) is 12.5 Å². The molecule has 0 amide bonds. The molecule has 0 aliphatic rings. The molecular weight excluding hydrogens is 347 g/mol. The molecule has 0 saturated carbocycles. The van der Waals surface area contributed by atoms with Gasteiger partial charge in [-0.25, -0.2) is 0 Å². The van der Waals surface area contributed by atoms with E-state index in [-0.39, 0.29) is 24.8 Å². The van der Waals surface area contributed by atoms with E-state index in [0.717, 1.165) is 0 Å². The van der Waals surface area contributed by atoms with Crippen molar-refractivity contribution in [2.45, 2.75) is 23.3 Å². The SMILES string of the molecule is CSc1cc[n+](COC[n+]2ccc(SC)cc2)cc1.[Cl-].[Cl-]. The molecule has 0 aromatic carbocycles. The highest BCUT2D eigenvalue weighted by molar-refractivity contribution is 7.98. The van der Waals surface area contributed by atoms with E-state index in [1.165, 1.54) is 9.79 Å². The van der Waals surface area contributed by atoms with E-state index in [4.69, 9.17) is 4.74 Å². The van der Waals surface area contributed by atoms with Crippen LogP contribution in [0.15, 0.2) is 58.8 Å². The first-order chi connectivity index (χ1) is 9.31. The molecule has 0 aliphatic carbocycles. The molecule has 0 aliphatic heterocycles. The summed E-state index contributed by atoms with van der Waals surface area (Å²) in [7, 11) is 0. The Hall–Kier alpha value is -0.460. The fourth-order valence-electron chi connectivity index (χ4n) is 1.58. The zero-order chi connectivity index (χ0) is 13.5. The summed E-state index contributed by atoms with van der Waals surface area (Å²) in [5, 5.41) is 0. The summed E-state index contributed by atoms with van der Waals surface area (Å²) in [6.07, 6.45) is 12.3. The van der Waals surface area contributed by atoms with Gasteiger partial charge in [0.2, 0.25) is 0 Å². The van der Waals surface area contributed by atoms with E-state index in [1.807, 2.05) is 33.9 Å². The lowest BCUT2D eigenvalue weighted by Crippen LogP contribution is -3.00. The second-order valence-electron chi connectivity index (χ2n) is 3.97. The fourth-order valence-corrected chi connectivity index (χ4v) is 2.37. The number of hydrogen-bond acceptors (Lipinski definition) is 3. The molecule has 116 valence electrons. The van der Waals surface area contributed by atoms with Crippen molar-refractivity contribution in [1.29, 1.82) is 0 Å². The zero-order valence-electron chi connectivity index (χ0n) is 11.9. The lowest BCUT2D eigenvalue weighted by Gasteiger charge is -1.99. The highest BCUT2D eigenvalue weighted by atomic mass is 35.5. The molecule has 0 atom stereocenters. The van der Waals surface area contributed by atoms with Crippen LogP contribution in [0.25, 0.3) is 0 Å². The van der Waals surface area contributed by atoms with E-state index < -0.39 is 0 Å². The van der Waals surface area contributed by atoms with Gasteiger partial charge in [-0.3, -0.25) is 4.74 Å². The fraction of sp³-hybridized carbons (Fsp3) is 0.286. The topological polar surface area (TPSA) is 17.0 Å². The molecule has 21 heavy (non-hydrogen) atoms. The predicted molar refractivity (Wildman–Crippen MR) is 77.9 cm³/mol. The third kappa shape index (κ3) is 6.89. The number of ether oxygens (including phenoxy) is 1. The van der Waals surface area contributed by atoms with Gasteiger partial charge in [0, 0.05) is 34.1 Å². The van der Waals surface area contributed by atoms with Crippen LogP contribution in [0, 0.1) is 0 Å². The molecule has 2 aromatic rings. The Morgan fingerprint density at radius 3 is 1.38 bits per heavy atom. The highest BCUT2D eigenvalue weighted by Gasteiger charge is 2.04. The van der Waals surface area contributed by atoms with Crippen molar-refractivity contribution in [2.75, 3.05) is 12.5 Å². The zero-order valence-corrected chi connectivity index (χ0v) is 15.1. The van der Waals surface area contributed by atoms with Gasteiger partial charge >= 0.3 is 0 Å². The van der Waals surface area contributed by atoms with Crippen LogP contribution >= 0.6 is 23.5 Å². The lowest BCUT2D eigenvalue weighted by molar-refractivity contribution is -0.788. The standard InChI is InChI=1S/C14H18N2OS2.2ClH/c1-18-13-3-7-15(8-4-13)11-17-12-16-9-5-14(19-2)6-10-16;;/h3-10H,11-12H2,1-2H3;2*1H/q+2;;/p-2. The summed E-state index contributed by atoms with van der Waals surface area (Å²) >= 11 is 3.48.